The first kappa shape index (κ1) is 13.9. The number of nitrogens with zero attached hydrogens (tertiary/aromatic N) is 5. The van der Waals surface area contributed by atoms with Crippen molar-refractivity contribution in [2.24, 2.45) is 0 Å². The normalized spacial score (nSPS) is 18.5. The van der Waals surface area contributed by atoms with Crippen molar-refractivity contribution in [3.63, 3.8) is 0 Å². The van der Waals surface area contributed by atoms with Gasteiger partial charge in [0.2, 0.25) is 0 Å². The number of amides is 1. The van der Waals surface area contributed by atoms with Gasteiger partial charge in [-0.3, -0.25) is 4.79 Å². The largest absolute Gasteiger partial charge is 0.337 e. The molecule has 1 amide bonds. The summed E-state index contributed by atoms with van der Waals surface area (Å²) in [4.78, 5) is 23.0. The maximum absolute atomic E-state index is 12.8. The Hall–Kier alpha value is -2.70. The maximum atomic E-state index is 12.8. The second-order valence-corrected chi connectivity index (χ2v) is 5.90. The van der Waals surface area contributed by atoms with Crippen molar-refractivity contribution in [3.8, 4) is 0 Å². The van der Waals surface area contributed by atoms with Crippen LogP contribution < -0.4 is 0 Å². The van der Waals surface area contributed by atoms with Crippen LogP contribution in [0.2, 0.25) is 0 Å². The molecule has 1 fully saturated rings. The monoisotopic (exact) mass is 311 g/mol. The number of aromatic nitrogens is 4. The van der Waals surface area contributed by atoms with Gasteiger partial charge in [0, 0.05) is 31.7 Å². The van der Waals surface area contributed by atoms with Crippen molar-refractivity contribution in [1.29, 1.82) is 0 Å². The van der Waals surface area contributed by atoms with Gasteiger partial charge in [-0.25, -0.2) is 9.97 Å². The van der Waals surface area contributed by atoms with E-state index >= 15 is 0 Å². The highest BCUT2D eigenvalue weighted by Gasteiger charge is 2.26. The van der Waals surface area contributed by atoms with Crippen LogP contribution in [0.15, 0.2) is 35.5 Å². The number of likely N-dealkylation sites (tertiary alicyclic amines) is 1. The maximum Gasteiger partial charge on any atom is 0.257 e. The molecule has 0 unspecified atom stereocenters. The van der Waals surface area contributed by atoms with Crippen molar-refractivity contribution < 1.29 is 9.32 Å². The van der Waals surface area contributed by atoms with Crippen LogP contribution in [0.1, 0.15) is 34.9 Å². The molecular weight excluding hydrogens is 294 g/mol. The molecule has 0 aromatic carbocycles. The highest BCUT2D eigenvalue weighted by molar-refractivity contribution is 5.97. The quantitative estimate of drug-likeness (QED) is 0.725. The lowest BCUT2D eigenvalue weighted by atomic mass is 10.0. The number of aryl methyl sites for hydroxylation is 1. The highest BCUT2D eigenvalue weighted by atomic mass is 16.5. The van der Waals surface area contributed by atoms with Gasteiger partial charge >= 0.3 is 0 Å². The van der Waals surface area contributed by atoms with Gasteiger partial charge in [-0.15, -0.1) is 0 Å². The fraction of sp³-hybridized carbons (Fsp3) is 0.375. The van der Waals surface area contributed by atoms with Gasteiger partial charge in [-0.05, 0) is 25.8 Å². The summed E-state index contributed by atoms with van der Waals surface area (Å²) in [6, 6.07) is 2.10. The zero-order valence-electron chi connectivity index (χ0n) is 12.8. The van der Waals surface area contributed by atoms with E-state index in [1.54, 1.807) is 12.4 Å². The van der Waals surface area contributed by atoms with E-state index < -0.39 is 0 Å². The van der Waals surface area contributed by atoms with Crippen LogP contribution in [0.5, 0.6) is 0 Å². The Morgan fingerprint density at radius 1 is 1.43 bits per heavy atom. The van der Waals surface area contributed by atoms with E-state index in [0.717, 1.165) is 30.5 Å². The zero-order valence-corrected chi connectivity index (χ0v) is 12.8. The molecule has 0 radical (unpaired) electrons. The molecule has 0 aliphatic carbocycles. The molecule has 4 heterocycles. The van der Waals surface area contributed by atoms with Crippen molar-refractivity contribution in [1.82, 2.24) is 24.6 Å². The van der Waals surface area contributed by atoms with E-state index in [1.165, 1.54) is 0 Å². The number of hydrogen-bond acceptors (Lipinski definition) is 5. The molecule has 3 aromatic heterocycles. The third-order valence-corrected chi connectivity index (χ3v) is 4.39. The molecule has 23 heavy (non-hydrogen) atoms. The second kappa shape index (κ2) is 5.49. The smallest absolute Gasteiger partial charge is 0.257 e. The van der Waals surface area contributed by atoms with Crippen LogP contribution in [0, 0.1) is 6.92 Å². The third kappa shape index (κ3) is 2.48. The van der Waals surface area contributed by atoms with Crippen molar-refractivity contribution in [2.75, 3.05) is 13.1 Å². The molecule has 4 rings (SSSR count). The molecule has 1 aliphatic rings. The van der Waals surface area contributed by atoms with Gasteiger partial charge in [-0.1, -0.05) is 5.16 Å². The van der Waals surface area contributed by atoms with Crippen LogP contribution in [0.3, 0.4) is 0 Å². The summed E-state index contributed by atoms with van der Waals surface area (Å²) in [5, 5.41) is 4.67. The van der Waals surface area contributed by atoms with E-state index in [2.05, 4.69) is 19.7 Å². The zero-order chi connectivity index (χ0) is 15.8. The number of pyridine rings is 1. The lowest BCUT2D eigenvalue weighted by molar-refractivity contribution is 0.0679. The summed E-state index contributed by atoms with van der Waals surface area (Å²) >= 11 is 0. The fourth-order valence-corrected chi connectivity index (χ4v) is 3.11. The number of carbonyl (C=O) groups is 1. The van der Waals surface area contributed by atoms with E-state index in [9.17, 15) is 4.79 Å². The van der Waals surface area contributed by atoms with E-state index in [0.29, 0.717) is 17.8 Å². The molecule has 0 bridgehead atoms. The minimum atomic E-state index is 0.00446. The van der Waals surface area contributed by atoms with Gasteiger partial charge in [0.15, 0.2) is 0 Å². The number of fused-ring (bicyclic) bond motifs is 1. The Morgan fingerprint density at radius 2 is 2.35 bits per heavy atom. The molecule has 0 spiro atoms. The number of hydrogen-bond donors (Lipinski definition) is 0. The summed E-state index contributed by atoms with van der Waals surface area (Å²) in [6.45, 7) is 3.30. The molecule has 1 atom stereocenters. The predicted molar refractivity (Wildman–Crippen MR) is 82.9 cm³/mol. The standard InChI is InChI=1S/C16H17N5O2/c1-11-14-7-12(8-18-15(14)23-19-11)16(22)20-5-2-3-13(9-20)21-6-4-17-10-21/h4,6-8,10,13H,2-3,5,9H2,1H3/t13-/m0/s1. The average Bonchev–Trinajstić information content (AvgIpc) is 3.25. The Bertz CT molecular complexity index is 839. The van der Waals surface area contributed by atoms with Crippen molar-refractivity contribution >= 4 is 17.0 Å². The topological polar surface area (TPSA) is 77.0 Å². The summed E-state index contributed by atoms with van der Waals surface area (Å²) in [6.07, 6.45) is 9.14. The lowest BCUT2D eigenvalue weighted by Crippen LogP contribution is -2.40. The molecule has 0 saturated carbocycles. The molecule has 118 valence electrons. The first-order valence-corrected chi connectivity index (χ1v) is 7.71. The summed E-state index contributed by atoms with van der Waals surface area (Å²) in [5.74, 6) is 0.00446. The first-order chi connectivity index (χ1) is 11.2. The minimum absolute atomic E-state index is 0.00446. The molecule has 0 N–H and O–H groups in total. The van der Waals surface area contributed by atoms with Crippen LogP contribution in [-0.4, -0.2) is 43.6 Å². The van der Waals surface area contributed by atoms with Crippen molar-refractivity contribution in [3.05, 3.63) is 42.2 Å². The summed E-state index contributed by atoms with van der Waals surface area (Å²) in [7, 11) is 0. The van der Waals surface area contributed by atoms with Crippen LogP contribution >= 0.6 is 0 Å². The Kier molecular flexibility index (Phi) is 3.33. The second-order valence-electron chi connectivity index (χ2n) is 5.90. The Balaban J connectivity index is 1.58. The molecule has 7 heteroatoms. The van der Waals surface area contributed by atoms with Crippen LogP contribution in [0.4, 0.5) is 0 Å². The summed E-state index contributed by atoms with van der Waals surface area (Å²) < 4.78 is 7.17. The van der Waals surface area contributed by atoms with E-state index in [1.807, 2.05) is 30.4 Å². The third-order valence-electron chi connectivity index (χ3n) is 4.39. The van der Waals surface area contributed by atoms with E-state index in [4.69, 9.17) is 4.52 Å². The number of carbonyl (C=O) groups excluding carboxylic acids is 1. The number of imidazole rings is 1. The SMILES string of the molecule is Cc1noc2ncc(C(=O)N3CCC[C@H](n4ccnc4)C3)cc12. The Morgan fingerprint density at radius 3 is 3.17 bits per heavy atom. The number of piperidine rings is 1. The van der Waals surface area contributed by atoms with Gasteiger partial charge < -0.3 is 14.0 Å². The van der Waals surface area contributed by atoms with Crippen molar-refractivity contribution in [2.45, 2.75) is 25.8 Å². The minimum Gasteiger partial charge on any atom is -0.337 e. The lowest BCUT2D eigenvalue weighted by Gasteiger charge is -2.33. The predicted octanol–water partition coefficient (Wildman–Crippen LogP) is 2.21. The molecule has 3 aromatic rings. The Labute approximate surface area is 132 Å². The molecule has 1 saturated heterocycles. The van der Waals surface area contributed by atoms with Crippen LogP contribution in [-0.2, 0) is 0 Å². The van der Waals surface area contributed by atoms with Gasteiger partial charge in [0.1, 0.15) is 0 Å². The first-order valence-electron chi connectivity index (χ1n) is 7.71. The fourth-order valence-electron chi connectivity index (χ4n) is 3.11. The van der Waals surface area contributed by atoms with Gasteiger partial charge in [-0.2, -0.15) is 0 Å². The summed E-state index contributed by atoms with van der Waals surface area (Å²) in [5.41, 5.74) is 1.79. The highest BCUT2D eigenvalue weighted by Crippen LogP contribution is 2.24. The van der Waals surface area contributed by atoms with Gasteiger partial charge in [0.25, 0.3) is 11.6 Å². The van der Waals surface area contributed by atoms with Crippen LogP contribution in [0.25, 0.3) is 11.1 Å². The molecule has 1 aliphatic heterocycles. The molecule has 7 nitrogen and oxygen atoms in total. The molecular formula is C16H17N5O2. The van der Waals surface area contributed by atoms with Gasteiger partial charge in [0.05, 0.1) is 29.0 Å². The van der Waals surface area contributed by atoms with E-state index in [-0.39, 0.29) is 11.9 Å². The number of rotatable bonds is 2. The average molecular weight is 311 g/mol.